The smallest absolute Gasteiger partial charge is 0.0953 e. The molecular formula is C17H16N2. The zero-order valence-electron chi connectivity index (χ0n) is 10.8. The van der Waals surface area contributed by atoms with Gasteiger partial charge in [-0.15, -0.1) is 0 Å². The van der Waals surface area contributed by atoms with Crippen molar-refractivity contribution in [1.82, 2.24) is 9.55 Å². The lowest BCUT2D eigenvalue weighted by Gasteiger charge is -2.26. The van der Waals surface area contributed by atoms with Crippen LogP contribution in [0.4, 0.5) is 0 Å². The minimum atomic E-state index is 0.454. The van der Waals surface area contributed by atoms with Crippen LogP contribution in [0.25, 0.3) is 10.8 Å². The van der Waals surface area contributed by atoms with Gasteiger partial charge >= 0.3 is 0 Å². The predicted octanol–water partition coefficient (Wildman–Crippen LogP) is 3.96. The lowest BCUT2D eigenvalue weighted by molar-refractivity contribution is 0.458. The van der Waals surface area contributed by atoms with Crippen molar-refractivity contribution in [3.8, 4) is 0 Å². The Kier molecular flexibility index (Phi) is 2.41. The molecule has 0 radical (unpaired) electrons. The summed E-state index contributed by atoms with van der Waals surface area (Å²) >= 11 is 0. The van der Waals surface area contributed by atoms with Crippen LogP contribution in [0.5, 0.6) is 0 Å². The van der Waals surface area contributed by atoms with Gasteiger partial charge in [0.05, 0.1) is 12.4 Å². The molecule has 3 aromatic rings. The van der Waals surface area contributed by atoms with Gasteiger partial charge in [0.25, 0.3) is 0 Å². The van der Waals surface area contributed by atoms with Crippen LogP contribution < -0.4 is 0 Å². The van der Waals surface area contributed by atoms with E-state index >= 15 is 0 Å². The Morgan fingerprint density at radius 3 is 2.89 bits per heavy atom. The van der Waals surface area contributed by atoms with Crippen molar-refractivity contribution in [2.75, 3.05) is 0 Å². The van der Waals surface area contributed by atoms with Crippen LogP contribution >= 0.6 is 0 Å². The van der Waals surface area contributed by atoms with Gasteiger partial charge in [-0.3, -0.25) is 0 Å². The number of nitrogens with zero attached hydrogens (tertiary/aromatic N) is 2. The van der Waals surface area contributed by atoms with Gasteiger partial charge < -0.3 is 4.57 Å². The molecule has 0 saturated carbocycles. The molecule has 1 aliphatic rings. The summed E-state index contributed by atoms with van der Waals surface area (Å²) in [5.41, 5.74) is 2.77. The molecule has 2 heterocycles. The zero-order chi connectivity index (χ0) is 12.7. The molecule has 0 saturated heterocycles. The average Bonchev–Trinajstić information content (AvgIpc) is 2.95. The number of hydrogen-bond donors (Lipinski definition) is 0. The first-order chi connectivity index (χ1) is 9.42. The number of imidazole rings is 1. The third-order valence-corrected chi connectivity index (χ3v) is 4.15. The molecule has 1 atom stereocenters. The molecule has 4 rings (SSSR count). The second-order valence-electron chi connectivity index (χ2n) is 5.31. The molecule has 19 heavy (non-hydrogen) atoms. The Morgan fingerprint density at radius 1 is 1.05 bits per heavy atom. The van der Waals surface area contributed by atoms with E-state index in [0.717, 1.165) is 6.42 Å². The van der Waals surface area contributed by atoms with E-state index in [4.69, 9.17) is 0 Å². The first kappa shape index (κ1) is 10.8. The summed E-state index contributed by atoms with van der Waals surface area (Å²) in [6.45, 7) is 0. The van der Waals surface area contributed by atoms with Crippen molar-refractivity contribution in [3.05, 3.63) is 66.2 Å². The molecule has 1 aliphatic heterocycles. The van der Waals surface area contributed by atoms with Gasteiger partial charge in [0.2, 0.25) is 0 Å². The minimum Gasteiger partial charge on any atom is -0.327 e. The Labute approximate surface area is 112 Å². The Bertz CT molecular complexity index is 727. The van der Waals surface area contributed by atoms with E-state index < -0.39 is 0 Å². The predicted molar refractivity (Wildman–Crippen MR) is 77.3 cm³/mol. The molecule has 2 nitrogen and oxygen atoms in total. The number of hydrogen-bond acceptors (Lipinski definition) is 1. The second-order valence-corrected chi connectivity index (χ2v) is 5.31. The normalized spacial score (nSPS) is 18.4. The Morgan fingerprint density at radius 2 is 1.95 bits per heavy atom. The van der Waals surface area contributed by atoms with E-state index in [9.17, 15) is 0 Å². The maximum absolute atomic E-state index is 4.30. The standard InChI is InChI=1S/C17H16N2/c1-2-5-14-10-15(9-8-13(14)4-1)17-7-3-6-16-11-18-12-19(16)17/h1-2,4-5,8-12,17H,3,6-7H2. The summed E-state index contributed by atoms with van der Waals surface area (Å²) in [4.78, 5) is 4.30. The fourth-order valence-corrected chi connectivity index (χ4v) is 3.16. The number of fused-ring (bicyclic) bond motifs is 2. The largest absolute Gasteiger partial charge is 0.327 e. The molecule has 0 fully saturated rings. The molecule has 0 amide bonds. The SMILES string of the molecule is c1ccc2cc(C3CCCc4cncn43)ccc2c1. The van der Waals surface area contributed by atoms with Crippen molar-refractivity contribution >= 4 is 10.8 Å². The van der Waals surface area contributed by atoms with Crippen molar-refractivity contribution < 1.29 is 0 Å². The van der Waals surface area contributed by atoms with Gasteiger partial charge in [0, 0.05) is 11.9 Å². The highest BCUT2D eigenvalue weighted by Gasteiger charge is 2.20. The molecular weight excluding hydrogens is 232 g/mol. The summed E-state index contributed by atoms with van der Waals surface area (Å²) in [5.74, 6) is 0. The monoisotopic (exact) mass is 248 g/mol. The third-order valence-electron chi connectivity index (χ3n) is 4.15. The van der Waals surface area contributed by atoms with Crippen molar-refractivity contribution in [1.29, 1.82) is 0 Å². The topological polar surface area (TPSA) is 17.8 Å². The first-order valence-corrected chi connectivity index (χ1v) is 6.91. The highest BCUT2D eigenvalue weighted by molar-refractivity contribution is 5.83. The van der Waals surface area contributed by atoms with Crippen LogP contribution in [0.2, 0.25) is 0 Å². The van der Waals surface area contributed by atoms with Gasteiger partial charge in [0.1, 0.15) is 0 Å². The summed E-state index contributed by atoms with van der Waals surface area (Å²) in [6, 6.07) is 15.8. The molecule has 1 aromatic heterocycles. The zero-order valence-corrected chi connectivity index (χ0v) is 10.8. The molecule has 2 heteroatoms. The van der Waals surface area contributed by atoms with Crippen molar-refractivity contribution in [3.63, 3.8) is 0 Å². The lowest BCUT2D eigenvalue weighted by Crippen LogP contribution is -2.17. The van der Waals surface area contributed by atoms with E-state index in [1.165, 1.54) is 34.9 Å². The van der Waals surface area contributed by atoms with Crippen LogP contribution in [0.3, 0.4) is 0 Å². The second kappa shape index (κ2) is 4.23. The number of benzene rings is 2. The average molecular weight is 248 g/mol. The fourth-order valence-electron chi connectivity index (χ4n) is 3.16. The molecule has 0 N–H and O–H groups in total. The van der Waals surface area contributed by atoms with E-state index in [2.05, 4.69) is 52.0 Å². The van der Waals surface area contributed by atoms with E-state index in [1.54, 1.807) is 0 Å². The van der Waals surface area contributed by atoms with Crippen LogP contribution in [0, 0.1) is 0 Å². The van der Waals surface area contributed by atoms with Gasteiger partial charge in [-0.2, -0.15) is 0 Å². The number of aryl methyl sites for hydroxylation is 1. The van der Waals surface area contributed by atoms with E-state index in [1.807, 2.05) is 12.5 Å². The summed E-state index contributed by atoms with van der Waals surface area (Å²) in [7, 11) is 0. The molecule has 0 aliphatic carbocycles. The summed E-state index contributed by atoms with van der Waals surface area (Å²) in [6.07, 6.45) is 7.61. The summed E-state index contributed by atoms with van der Waals surface area (Å²) in [5, 5.41) is 2.64. The highest BCUT2D eigenvalue weighted by atomic mass is 15.1. The van der Waals surface area contributed by atoms with E-state index in [0.29, 0.717) is 6.04 Å². The van der Waals surface area contributed by atoms with Crippen molar-refractivity contribution in [2.45, 2.75) is 25.3 Å². The number of aromatic nitrogens is 2. The van der Waals surface area contributed by atoms with Crippen molar-refractivity contribution in [2.24, 2.45) is 0 Å². The minimum absolute atomic E-state index is 0.454. The van der Waals surface area contributed by atoms with Gasteiger partial charge in [-0.1, -0.05) is 36.4 Å². The third kappa shape index (κ3) is 1.75. The quantitative estimate of drug-likeness (QED) is 0.637. The molecule has 1 unspecified atom stereocenters. The van der Waals surface area contributed by atoms with Gasteiger partial charge in [0.15, 0.2) is 0 Å². The molecule has 2 aromatic carbocycles. The molecule has 0 bridgehead atoms. The van der Waals surface area contributed by atoms with E-state index in [-0.39, 0.29) is 0 Å². The van der Waals surface area contributed by atoms with Crippen LogP contribution in [-0.2, 0) is 6.42 Å². The maximum Gasteiger partial charge on any atom is 0.0953 e. The first-order valence-electron chi connectivity index (χ1n) is 6.91. The van der Waals surface area contributed by atoms with Gasteiger partial charge in [-0.25, -0.2) is 4.98 Å². The fraction of sp³-hybridized carbons (Fsp3) is 0.235. The lowest BCUT2D eigenvalue weighted by atomic mass is 9.94. The van der Waals surface area contributed by atoms with Crippen LogP contribution in [0.15, 0.2) is 55.0 Å². The Hall–Kier alpha value is -2.09. The molecule has 94 valence electrons. The maximum atomic E-state index is 4.30. The van der Waals surface area contributed by atoms with Crippen LogP contribution in [0.1, 0.15) is 30.1 Å². The van der Waals surface area contributed by atoms with Crippen LogP contribution in [-0.4, -0.2) is 9.55 Å². The Balaban J connectivity index is 1.83. The number of rotatable bonds is 1. The summed E-state index contributed by atoms with van der Waals surface area (Å²) < 4.78 is 2.34. The highest BCUT2D eigenvalue weighted by Crippen LogP contribution is 2.31. The van der Waals surface area contributed by atoms with Gasteiger partial charge in [-0.05, 0) is 41.7 Å². The molecule has 0 spiro atoms.